The van der Waals surface area contributed by atoms with E-state index in [4.69, 9.17) is 4.42 Å². The highest BCUT2D eigenvalue weighted by molar-refractivity contribution is 7.25. The first kappa shape index (κ1) is 33.5. The summed E-state index contributed by atoms with van der Waals surface area (Å²) in [5.74, 6) is 0. The maximum atomic E-state index is 7.38. The van der Waals surface area contributed by atoms with Crippen LogP contribution in [0.3, 0.4) is 0 Å². The molecule has 58 heavy (non-hydrogen) atoms. The van der Waals surface area contributed by atoms with E-state index in [9.17, 15) is 0 Å². The maximum absolute atomic E-state index is 7.38. The van der Waals surface area contributed by atoms with Gasteiger partial charge in [-0.25, -0.2) is 0 Å². The summed E-state index contributed by atoms with van der Waals surface area (Å²) in [6.07, 6.45) is 0. The maximum Gasteiger partial charge on any atom is 0.162 e. The Labute approximate surface area is 340 Å². The molecule has 8 aromatic carbocycles. The molecular weight excluding hydrogens is 725 g/mol. The largest absolute Gasteiger partial charge is 0.452 e. The zero-order valence-corrected chi connectivity index (χ0v) is 34.2. The summed E-state index contributed by atoms with van der Waals surface area (Å²) >= 11 is 1.90. The Bertz CT molecular complexity index is 3690. The van der Waals surface area contributed by atoms with Gasteiger partial charge in [0.15, 0.2) is 11.2 Å². The van der Waals surface area contributed by atoms with Crippen LogP contribution < -0.4 is 0 Å². The third-order valence-electron chi connectivity index (χ3n) is 12.9. The molecule has 0 bridgehead atoms. The average molecular weight is 765 g/mol. The molecule has 0 aliphatic rings. The third-order valence-corrected chi connectivity index (χ3v) is 14.0. The molecule has 0 saturated heterocycles. The number of benzene rings is 8. The summed E-state index contributed by atoms with van der Waals surface area (Å²) in [5.41, 5.74) is 24.0. The van der Waals surface area contributed by atoms with Crippen LogP contribution in [0.25, 0.3) is 109 Å². The summed E-state index contributed by atoms with van der Waals surface area (Å²) in [6, 6.07) is 49.7. The van der Waals surface area contributed by atoms with Crippen LogP contribution in [0, 0.1) is 41.5 Å². The molecule has 0 aliphatic carbocycles. The first-order chi connectivity index (χ1) is 28.3. The minimum absolute atomic E-state index is 0.867. The summed E-state index contributed by atoms with van der Waals surface area (Å²) < 4.78 is 14.9. The fourth-order valence-electron chi connectivity index (χ4n) is 10.4. The van der Waals surface area contributed by atoms with Crippen molar-refractivity contribution in [1.82, 2.24) is 8.80 Å². The topological polar surface area (TPSA) is 22.0 Å². The molecule has 0 saturated carbocycles. The van der Waals surface area contributed by atoms with Crippen LogP contribution in [0.1, 0.15) is 33.4 Å². The van der Waals surface area contributed by atoms with Crippen LogP contribution in [-0.4, -0.2) is 8.80 Å². The fourth-order valence-corrected chi connectivity index (χ4v) is 11.6. The van der Waals surface area contributed by atoms with Gasteiger partial charge in [-0.3, -0.25) is 0 Å². The predicted octanol–water partition coefficient (Wildman–Crippen LogP) is 15.6. The minimum Gasteiger partial charge on any atom is -0.452 e. The molecule has 3 nitrogen and oxygen atoms in total. The van der Waals surface area contributed by atoms with E-state index in [1.165, 1.54) is 114 Å². The van der Waals surface area contributed by atoms with E-state index in [2.05, 4.69) is 184 Å². The first-order valence-corrected chi connectivity index (χ1v) is 21.0. The SMILES string of the molecule is Cc1cccc(C)c1-c1ccc2c(c1)c1c3sc4ccccc4n4c5ccc(-c6c(C)cccc6C)cc5c(c5oc6ccc(-c7c(C)cccc7C)cc6n2c51)c34. The van der Waals surface area contributed by atoms with Crippen LogP contribution >= 0.6 is 11.3 Å². The van der Waals surface area contributed by atoms with Crippen molar-refractivity contribution in [3.8, 4) is 33.4 Å². The lowest BCUT2D eigenvalue weighted by Gasteiger charge is -2.14. The van der Waals surface area contributed by atoms with Crippen LogP contribution in [0.15, 0.2) is 138 Å². The van der Waals surface area contributed by atoms with E-state index in [0.29, 0.717) is 0 Å². The van der Waals surface area contributed by atoms with Gasteiger partial charge in [-0.1, -0.05) is 84.9 Å². The lowest BCUT2D eigenvalue weighted by Crippen LogP contribution is -1.94. The molecule has 0 atom stereocenters. The van der Waals surface area contributed by atoms with E-state index in [0.717, 1.165) is 27.6 Å². The number of rotatable bonds is 3. The van der Waals surface area contributed by atoms with Gasteiger partial charge >= 0.3 is 0 Å². The second kappa shape index (κ2) is 12.0. The van der Waals surface area contributed by atoms with Gasteiger partial charge in [0.05, 0.1) is 47.9 Å². The van der Waals surface area contributed by atoms with Crippen LogP contribution in [-0.2, 0) is 0 Å². The number of aromatic nitrogens is 2. The Hall–Kier alpha value is -6.62. The van der Waals surface area contributed by atoms with Gasteiger partial charge in [0.2, 0.25) is 0 Å². The van der Waals surface area contributed by atoms with E-state index >= 15 is 0 Å². The normalized spacial score (nSPS) is 12.3. The molecular formula is C54H40N2OS. The van der Waals surface area contributed by atoms with Gasteiger partial charge in [-0.05, 0) is 157 Å². The van der Waals surface area contributed by atoms with Gasteiger partial charge in [0.25, 0.3) is 0 Å². The van der Waals surface area contributed by atoms with Gasteiger partial charge in [0.1, 0.15) is 0 Å². The monoisotopic (exact) mass is 764 g/mol. The molecule has 4 heterocycles. The zero-order chi connectivity index (χ0) is 39.1. The molecule has 0 fully saturated rings. The summed E-state index contributed by atoms with van der Waals surface area (Å²) in [4.78, 5) is 0. The third kappa shape index (κ3) is 4.44. The number of hydrogen-bond donors (Lipinski definition) is 0. The molecule has 4 aromatic heterocycles. The molecule has 0 amide bonds. The molecule has 0 N–H and O–H groups in total. The lowest BCUT2D eigenvalue weighted by molar-refractivity contribution is 0.660. The first-order valence-electron chi connectivity index (χ1n) is 20.2. The van der Waals surface area contributed by atoms with Gasteiger partial charge in [-0.2, -0.15) is 0 Å². The Balaban J connectivity index is 1.34. The molecule has 12 aromatic rings. The lowest BCUT2D eigenvalue weighted by atomic mass is 9.94. The molecule has 0 spiro atoms. The van der Waals surface area contributed by atoms with Crippen molar-refractivity contribution >= 4 is 86.5 Å². The van der Waals surface area contributed by atoms with Crippen LogP contribution in [0.2, 0.25) is 0 Å². The van der Waals surface area contributed by atoms with Crippen molar-refractivity contribution in [2.24, 2.45) is 0 Å². The highest BCUT2D eigenvalue weighted by Crippen LogP contribution is 2.50. The Morgan fingerprint density at radius 3 is 1.47 bits per heavy atom. The molecule has 0 radical (unpaired) electrons. The summed E-state index contributed by atoms with van der Waals surface area (Å²) in [6.45, 7) is 13.3. The number of aryl methyl sites for hydroxylation is 6. The standard InChI is InChI=1S/C54H40N2OS/c1-29-12-9-13-30(2)46(29)35-20-23-40-38(26-35)49-52-54(58-45-19-8-7-18-42(45)55(40)52)50-39-27-36(47-31(3)14-10-15-32(47)4)21-24-41(39)56-43-28-37(48-33(5)16-11-17-34(48)6)22-25-44(43)57-53(49)51(50)56/h7-28H,1-6H3. The van der Waals surface area contributed by atoms with E-state index < -0.39 is 0 Å². The predicted molar refractivity (Wildman–Crippen MR) is 248 cm³/mol. The van der Waals surface area contributed by atoms with Crippen molar-refractivity contribution in [2.45, 2.75) is 41.5 Å². The molecule has 0 aliphatic heterocycles. The van der Waals surface area contributed by atoms with E-state index in [1.807, 2.05) is 11.3 Å². The molecule has 0 unspecified atom stereocenters. The number of fused-ring (bicyclic) bond motifs is 12. The smallest absolute Gasteiger partial charge is 0.162 e. The second-order valence-electron chi connectivity index (χ2n) is 16.4. The zero-order valence-electron chi connectivity index (χ0n) is 33.4. The molecule has 12 rings (SSSR count). The second-order valence-corrected chi connectivity index (χ2v) is 17.4. The minimum atomic E-state index is 0.867. The number of para-hydroxylation sites is 1. The Morgan fingerprint density at radius 1 is 0.414 bits per heavy atom. The number of nitrogens with zero attached hydrogens (tertiary/aromatic N) is 2. The van der Waals surface area contributed by atoms with E-state index in [-0.39, 0.29) is 0 Å². The molecule has 4 heteroatoms. The van der Waals surface area contributed by atoms with Crippen LogP contribution in [0.4, 0.5) is 0 Å². The van der Waals surface area contributed by atoms with Gasteiger partial charge in [-0.15, -0.1) is 11.3 Å². The Kier molecular flexibility index (Phi) is 6.91. The van der Waals surface area contributed by atoms with Gasteiger partial charge < -0.3 is 13.2 Å². The van der Waals surface area contributed by atoms with Crippen molar-refractivity contribution in [3.63, 3.8) is 0 Å². The summed E-state index contributed by atoms with van der Waals surface area (Å²) in [5, 5.41) is 4.85. The van der Waals surface area contributed by atoms with Crippen molar-refractivity contribution in [1.29, 1.82) is 0 Å². The van der Waals surface area contributed by atoms with Crippen molar-refractivity contribution in [3.05, 3.63) is 167 Å². The molecule has 278 valence electrons. The van der Waals surface area contributed by atoms with Crippen LogP contribution in [0.5, 0.6) is 0 Å². The van der Waals surface area contributed by atoms with Gasteiger partial charge in [0, 0.05) is 16.2 Å². The van der Waals surface area contributed by atoms with E-state index in [1.54, 1.807) is 0 Å². The summed E-state index contributed by atoms with van der Waals surface area (Å²) in [7, 11) is 0. The van der Waals surface area contributed by atoms with Crippen molar-refractivity contribution < 1.29 is 4.42 Å². The van der Waals surface area contributed by atoms with Crippen molar-refractivity contribution in [2.75, 3.05) is 0 Å². The average Bonchev–Trinajstić information content (AvgIpc) is 3.74. The highest BCUT2D eigenvalue weighted by Gasteiger charge is 2.27. The fraction of sp³-hybridized carbons (Fsp3) is 0.111. The Morgan fingerprint density at radius 2 is 0.897 bits per heavy atom. The number of hydrogen-bond acceptors (Lipinski definition) is 2. The highest BCUT2D eigenvalue weighted by atomic mass is 32.1. The quantitative estimate of drug-likeness (QED) is 0.164.